The smallest absolute Gasteiger partial charge is 0.387 e. The number of hydrogen-bond acceptors (Lipinski definition) is 5. The van der Waals surface area contributed by atoms with E-state index in [-0.39, 0.29) is 43.2 Å². The first kappa shape index (κ1) is 23.1. The van der Waals surface area contributed by atoms with Gasteiger partial charge in [0.2, 0.25) is 5.91 Å². The molecule has 10 heteroatoms. The van der Waals surface area contributed by atoms with E-state index in [1.807, 2.05) is 6.92 Å². The second kappa shape index (κ2) is 10.5. The van der Waals surface area contributed by atoms with Gasteiger partial charge in [-0.05, 0) is 18.6 Å². The Hall–Kier alpha value is -2.23. The number of piperazine rings is 1. The van der Waals surface area contributed by atoms with Gasteiger partial charge in [-0.3, -0.25) is 9.59 Å². The zero-order valence-electron chi connectivity index (χ0n) is 16.4. The number of sulfone groups is 1. The molecule has 0 atom stereocenters. The lowest BCUT2D eigenvalue weighted by Gasteiger charge is -2.35. The molecule has 1 saturated heterocycles. The molecular weight excluding hydrogens is 406 g/mol. The number of rotatable bonds is 9. The van der Waals surface area contributed by atoms with Crippen LogP contribution in [-0.4, -0.2) is 74.3 Å². The lowest BCUT2D eigenvalue weighted by molar-refractivity contribution is -0.129. The van der Waals surface area contributed by atoms with Gasteiger partial charge in [0.1, 0.15) is 11.5 Å². The molecule has 0 spiro atoms. The lowest BCUT2D eigenvalue weighted by Crippen LogP contribution is -2.51. The maximum atomic E-state index is 12.7. The maximum Gasteiger partial charge on any atom is 0.387 e. The molecule has 162 valence electrons. The van der Waals surface area contributed by atoms with Crippen LogP contribution in [0.4, 0.5) is 8.78 Å². The van der Waals surface area contributed by atoms with Crippen LogP contribution in [0.15, 0.2) is 24.3 Å². The van der Waals surface area contributed by atoms with Crippen LogP contribution in [0.1, 0.15) is 36.5 Å². The number of unbranched alkanes of at least 4 members (excludes halogenated alkanes) is 2. The number of nitrogens with zero attached hydrogens (tertiary/aromatic N) is 2. The Kier molecular flexibility index (Phi) is 8.36. The third-order valence-electron chi connectivity index (χ3n) is 4.66. The number of carbonyl (C=O) groups excluding carboxylic acids is 2. The van der Waals surface area contributed by atoms with Gasteiger partial charge in [0.05, 0.1) is 11.3 Å². The molecule has 1 aromatic rings. The van der Waals surface area contributed by atoms with Gasteiger partial charge in [-0.25, -0.2) is 8.42 Å². The van der Waals surface area contributed by atoms with Crippen molar-refractivity contribution in [2.45, 2.75) is 32.8 Å². The second-order valence-corrected chi connectivity index (χ2v) is 9.03. The molecule has 2 rings (SSSR count). The maximum absolute atomic E-state index is 12.7. The van der Waals surface area contributed by atoms with E-state index in [9.17, 15) is 26.8 Å². The van der Waals surface area contributed by atoms with E-state index < -0.39 is 34.0 Å². The number of para-hydroxylation sites is 1. The molecular formula is C19H26F2N2O5S. The van der Waals surface area contributed by atoms with Crippen molar-refractivity contribution < 1.29 is 31.5 Å². The summed E-state index contributed by atoms with van der Waals surface area (Å²) in [5.74, 6) is -1.69. The Labute approximate surface area is 169 Å². The number of ether oxygens (including phenoxy) is 1. The van der Waals surface area contributed by atoms with Gasteiger partial charge in [-0.1, -0.05) is 31.9 Å². The zero-order valence-corrected chi connectivity index (χ0v) is 17.2. The Bertz CT molecular complexity index is 809. The van der Waals surface area contributed by atoms with E-state index in [4.69, 9.17) is 0 Å². The number of benzene rings is 1. The molecule has 0 saturated carbocycles. The third-order valence-corrected chi connectivity index (χ3v) is 6.25. The molecule has 7 nitrogen and oxygen atoms in total. The summed E-state index contributed by atoms with van der Waals surface area (Å²) in [5, 5.41) is 0. The second-order valence-electron chi connectivity index (χ2n) is 6.85. The molecule has 0 N–H and O–H groups in total. The first-order chi connectivity index (χ1) is 13.7. The first-order valence-corrected chi connectivity index (χ1v) is 11.4. The third kappa shape index (κ3) is 6.95. The minimum Gasteiger partial charge on any atom is -0.434 e. The molecule has 0 aliphatic carbocycles. The molecule has 29 heavy (non-hydrogen) atoms. The fourth-order valence-corrected chi connectivity index (χ4v) is 4.44. The topological polar surface area (TPSA) is 84.0 Å². The van der Waals surface area contributed by atoms with Crippen molar-refractivity contribution in [1.29, 1.82) is 0 Å². The highest BCUT2D eigenvalue weighted by molar-refractivity contribution is 7.92. The molecule has 1 heterocycles. The van der Waals surface area contributed by atoms with Gasteiger partial charge in [-0.15, -0.1) is 0 Å². The number of halogens is 2. The molecule has 2 amide bonds. The van der Waals surface area contributed by atoms with Crippen LogP contribution in [0.3, 0.4) is 0 Å². The number of amides is 2. The molecule has 1 aromatic carbocycles. The minimum atomic E-state index is -3.45. The largest absolute Gasteiger partial charge is 0.434 e. The van der Waals surface area contributed by atoms with Gasteiger partial charge in [-0.2, -0.15) is 8.78 Å². The van der Waals surface area contributed by atoms with E-state index in [0.717, 1.165) is 12.8 Å². The van der Waals surface area contributed by atoms with Crippen LogP contribution < -0.4 is 4.74 Å². The molecule has 0 radical (unpaired) electrons. The van der Waals surface area contributed by atoms with Crippen molar-refractivity contribution in [1.82, 2.24) is 9.80 Å². The summed E-state index contributed by atoms with van der Waals surface area (Å²) in [7, 11) is -3.45. The predicted molar refractivity (Wildman–Crippen MR) is 104 cm³/mol. The van der Waals surface area contributed by atoms with Crippen LogP contribution in [-0.2, 0) is 14.6 Å². The van der Waals surface area contributed by atoms with E-state index in [1.54, 1.807) is 6.07 Å². The molecule has 0 bridgehead atoms. The van der Waals surface area contributed by atoms with Crippen molar-refractivity contribution in [2.24, 2.45) is 0 Å². The number of carbonyl (C=O) groups is 2. The SMILES string of the molecule is CCCCCS(=O)(=O)CC(=O)N1CCN(C(=O)c2ccccc2OC(F)F)CC1. The molecule has 0 unspecified atom stereocenters. The van der Waals surface area contributed by atoms with Gasteiger partial charge in [0, 0.05) is 26.2 Å². The normalized spacial score (nSPS) is 14.9. The Balaban J connectivity index is 1.92. The standard InChI is InChI=1S/C19H26F2N2O5S/c1-2-3-6-13-29(26,27)14-17(24)22-9-11-23(12-10-22)18(25)15-7-4-5-8-16(15)28-19(20)21/h4-5,7-8,19H,2-3,6,9-14H2,1H3. The summed E-state index contributed by atoms with van der Waals surface area (Å²) in [6, 6.07) is 5.74. The summed E-state index contributed by atoms with van der Waals surface area (Å²) >= 11 is 0. The average Bonchev–Trinajstić information content (AvgIpc) is 2.67. The summed E-state index contributed by atoms with van der Waals surface area (Å²) in [6.07, 6.45) is 2.23. The van der Waals surface area contributed by atoms with Crippen molar-refractivity contribution in [3.8, 4) is 5.75 Å². The quantitative estimate of drug-likeness (QED) is 0.559. The zero-order chi connectivity index (χ0) is 21.4. The van der Waals surface area contributed by atoms with E-state index in [1.165, 1.54) is 28.0 Å². The van der Waals surface area contributed by atoms with Gasteiger partial charge >= 0.3 is 6.61 Å². The Morgan fingerprint density at radius 3 is 2.31 bits per heavy atom. The van der Waals surface area contributed by atoms with E-state index in [2.05, 4.69) is 4.74 Å². The van der Waals surface area contributed by atoms with Crippen LogP contribution in [0.25, 0.3) is 0 Å². The first-order valence-electron chi connectivity index (χ1n) is 9.55. The fourth-order valence-electron chi connectivity index (χ4n) is 3.09. The highest BCUT2D eigenvalue weighted by Gasteiger charge is 2.28. The summed E-state index contributed by atoms with van der Waals surface area (Å²) in [6.45, 7) is -0.332. The summed E-state index contributed by atoms with van der Waals surface area (Å²) in [4.78, 5) is 27.8. The van der Waals surface area contributed by atoms with Gasteiger partial charge in [0.15, 0.2) is 9.84 Å². The van der Waals surface area contributed by atoms with Crippen LogP contribution in [0, 0.1) is 0 Å². The van der Waals surface area contributed by atoms with Crippen LogP contribution in [0.2, 0.25) is 0 Å². The fraction of sp³-hybridized carbons (Fsp3) is 0.579. The molecule has 1 aliphatic rings. The van der Waals surface area contributed by atoms with E-state index in [0.29, 0.717) is 6.42 Å². The van der Waals surface area contributed by atoms with Crippen molar-refractivity contribution in [3.05, 3.63) is 29.8 Å². The van der Waals surface area contributed by atoms with E-state index >= 15 is 0 Å². The average molecular weight is 432 g/mol. The van der Waals surface area contributed by atoms with Crippen LogP contribution >= 0.6 is 0 Å². The van der Waals surface area contributed by atoms with Crippen molar-refractivity contribution in [3.63, 3.8) is 0 Å². The Morgan fingerprint density at radius 1 is 1.07 bits per heavy atom. The number of alkyl halides is 2. The summed E-state index contributed by atoms with van der Waals surface area (Å²) in [5.41, 5.74) is 0.0195. The monoisotopic (exact) mass is 432 g/mol. The van der Waals surface area contributed by atoms with Crippen LogP contribution in [0.5, 0.6) is 5.75 Å². The highest BCUT2D eigenvalue weighted by atomic mass is 32.2. The van der Waals surface area contributed by atoms with Gasteiger partial charge < -0.3 is 14.5 Å². The lowest BCUT2D eigenvalue weighted by atomic mass is 10.1. The molecule has 1 fully saturated rings. The molecule has 0 aromatic heterocycles. The Morgan fingerprint density at radius 2 is 1.69 bits per heavy atom. The van der Waals surface area contributed by atoms with Crippen molar-refractivity contribution >= 4 is 21.7 Å². The van der Waals surface area contributed by atoms with Crippen molar-refractivity contribution in [2.75, 3.05) is 37.7 Å². The van der Waals surface area contributed by atoms with Gasteiger partial charge in [0.25, 0.3) is 5.91 Å². The number of hydrogen-bond donors (Lipinski definition) is 0. The highest BCUT2D eigenvalue weighted by Crippen LogP contribution is 2.22. The predicted octanol–water partition coefficient (Wildman–Crippen LogP) is 2.18. The molecule has 1 aliphatic heterocycles. The minimum absolute atomic E-state index is 0.00798. The summed E-state index contributed by atoms with van der Waals surface area (Å²) < 4.78 is 53.6.